The maximum Gasteiger partial charge on any atom is 0.204 e. The summed E-state index contributed by atoms with van der Waals surface area (Å²) < 4.78 is 6.92. The number of hydrogen-bond donors (Lipinski definition) is 0. The third kappa shape index (κ3) is 1.44. The number of nitriles is 1. The van der Waals surface area contributed by atoms with Crippen LogP contribution >= 0.6 is 38.5 Å². The molecule has 0 unspecified atom stereocenters. The van der Waals surface area contributed by atoms with Crippen molar-refractivity contribution in [1.82, 2.24) is 4.98 Å². The lowest BCUT2D eigenvalue weighted by atomic mass is 10.3. The third-order valence-corrected chi connectivity index (χ3v) is 3.95. The first kappa shape index (κ1) is 8.97. The predicted octanol–water partition coefficient (Wildman–Crippen LogP) is 3.07. The van der Waals surface area contributed by atoms with Gasteiger partial charge in [0, 0.05) is 11.5 Å². The van der Waals surface area contributed by atoms with E-state index < -0.39 is 0 Å². The van der Waals surface area contributed by atoms with Gasteiger partial charge in [0.2, 0.25) is 5.76 Å². The van der Waals surface area contributed by atoms with Crippen LogP contribution in [0, 0.1) is 15.0 Å². The van der Waals surface area contributed by atoms with Crippen molar-refractivity contribution < 1.29 is 4.42 Å². The quantitative estimate of drug-likeness (QED) is 0.543. The number of rotatable bonds is 0. The van der Waals surface area contributed by atoms with Gasteiger partial charge in [-0.3, -0.25) is 0 Å². The Kier molecular flexibility index (Phi) is 2.26. The Morgan fingerprint density at radius 2 is 2.38 bits per heavy atom. The van der Waals surface area contributed by atoms with Gasteiger partial charge >= 0.3 is 0 Å². The van der Waals surface area contributed by atoms with Crippen molar-refractivity contribution in [2.45, 2.75) is 0 Å². The SMILES string of the molecule is N#Cc1cc2c(Br)c(I)ncc2o1. The fourth-order valence-electron chi connectivity index (χ4n) is 1.01. The van der Waals surface area contributed by atoms with Crippen LogP contribution in [0.2, 0.25) is 0 Å². The largest absolute Gasteiger partial charge is 0.444 e. The molecule has 0 aliphatic heterocycles. The van der Waals surface area contributed by atoms with Crippen LogP contribution in [0.15, 0.2) is 21.2 Å². The van der Waals surface area contributed by atoms with Crippen molar-refractivity contribution in [3.05, 3.63) is 26.2 Å². The van der Waals surface area contributed by atoms with E-state index in [2.05, 4.69) is 43.5 Å². The molecule has 5 heteroatoms. The Morgan fingerprint density at radius 3 is 3.08 bits per heavy atom. The molecule has 2 aromatic rings. The highest BCUT2D eigenvalue weighted by atomic mass is 127. The van der Waals surface area contributed by atoms with Gasteiger partial charge < -0.3 is 4.42 Å². The van der Waals surface area contributed by atoms with Gasteiger partial charge in [0.1, 0.15) is 9.77 Å². The highest BCUT2D eigenvalue weighted by Crippen LogP contribution is 2.29. The molecule has 0 amide bonds. The molecular weight excluding hydrogens is 347 g/mol. The summed E-state index contributed by atoms with van der Waals surface area (Å²) in [7, 11) is 0. The predicted molar refractivity (Wildman–Crippen MR) is 59.1 cm³/mol. The van der Waals surface area contributed by atoms with Crippen LogP contribution in [-0.4, -0.2) is 4.98 Å². The standard InChI is InChI=1S/C8H2BrIN2O/c9-7-5-1-4(2-11)13-6(5)3-12-8(7)10/h1,3H. The average Bonchev–Trinajstić information content (AvgIpc) is 2.55. The van der Waals surface area contributed by atoms with Gasteiger partial charge in [-0.05, 0) is 38.5 Å². The molecule has 0 radical (unpaired) electrons. The van der Waals surface area contributed by atoms with E-state index in [1.165, 1.54) is 0 Å². The second-order valence-corrected chi connectivity index (χ2v) is 4.18. The maximum atomic E-state index is 8.62. The minimum atomic E-state index is 0.305. The van der Waals surface area contributed by atoms with Gasteiger partial charge in [0.05, 0.1) is 10.7 Å². The molecule has 0 N–H and O–H groups in total. The average molecular weight is 349 g/mol. The first-order chi connectivity index (χ1) is 6.22. The third-order valence-electron chi connectivity index (χ3n) is 1.58. The smallest absolute Gasteiger partial charge is 0.204 e. The molecule has 0 fully saturated rings. The molecule has 0 atom stereocenters. The summed E-state index contributed by atoms with van der Waals surface area (Å²) >= 11 is 5.50. The van der Waals surface area contributed by atoms with Crippen molar-refractivity contribution in [2.24, 2.45) is 0 Å². The topological polar surface area (TPSA) is 49.8 Å². The van der Waals surface area contributed by atoms with Crippen molar-refractivity contribution in [3.63, 3.8) is 0 Å². The molecule has 2 rings (SSSR count). The lowest BCUT2D eigenvalue weighted by molar-refractivity contribution is 0.598. The Balaban J connectivity index is 2.86. The molecule has 2 heterocycles. The minimum absolute atomic E-state index is 0.305. The number of fused-ring (bicyclic) bond motifs is 1. The van der Waals surface area contributed by atoms with Crippen LogP contribution in [0.1, 0.15) is 5.76 Å². The molecule has 0 aromatic carbocycles. The Hall–Kier alpha value is -0.610. The molecule has 64 valence electrons. The van der Waals surface area contributed by atoms with Gasteiger partial charge in [-0.2, -0.15) is 5.26 Å². The van der Waals surface area contributed by atoms with Gasteiger partial charge in [-0.25, -0.2) is 4.98 Å². The molecule has 0 saturated heterocycles. The van der Waals surface area contributed by atoms with Gasteiger partial charge in [-0.1, -0.05) is 0 Å². The summed E-state index contributed by atoms with van der Waals surface area (Å²) in [5, 5.41) is 9.50. The van der Waals surface area contributed by atoms with Crippen molar-refractivity contribution >= 4 is 49.5 Å². The number of aromatic nitrogens is 1. The zero-order valence-electron chi connectivity index (χ0n) is 6.21. The fraction of sp³-hybridized carbons (Fsp3) is 0. The molecule has 13 heavy (non-hydrogen) atoms. The second-order valence-electron chi connectivity index (χ2n) is 2.36. The first-order valence-corrected chi connectivity index (χ1v) is 5.23. The normalized spacial score (nSPS) is 10.2. The Bertz CT molecular complexity index is 515. The maximum absolute atomic E-state index is 8.62. The summed E-state index contributed by atoms with van der Waals surface area (Å²) in [6.07, 6.45) is 1.61. The highest BCUT2D eigenvalue weighted by Gasteiger charge is 2.09. The number of nitrogens with zero attached hydrogens (tertiary/aromatic N) is 2. The van der Waals surface area contributed by atoms with Crippen LogP contribution in [0.5, 0.6) is 0 Å². The zero-order valence-corrected chi connectivity index (χ0v) is 9.96. The van der Waals surface area contributed by atoms with E-state index in [0.29, 0.717) is 11.3 Å². The van der Waals surface area contributed by atoms with Gasteiger partial charge in [0.15, 0.2) is 5.58 Å². The van der Waals surface area contributed by atoms with Crippen LogP contribution in [0.4, 0.5) is 0 Å². The van der Waals surface area contributed by atoms with E-state index in [-0.39, 0.29) is 0 Å². The van der Waals surface area contributed by atoms with E-state index in [9.17, 15) is 0 Å². The highest BCUT2D eigenvalue weighted by molar-refractivity contribution is 14.1. The minimum Gasteiger partial charge on any atom is -0.444 e. The van der Waals surface area contributed by atoms with Crippen molar-refractivity contribution in [3.8, 4) is 6.07 Å². The Labute approximate surface area is 96.0 Å². The molecule has 0 aliphatic carbocycles. The molecule has 0 bridgehead atoms. The number of furan rings is 1. The molecule has 0 spiro atoms. The van der Waals surface area contributed by atoms with Crippen LogP contribution < -0.4 is 0 Å². The summed E-state index contributed by atoms with van der Waals surface area (Å²) in [4.78, 5) is 4.09. The first-order valence-electron chi connectivity index (χ1n) is 3.36. The van der Waals surface area contributed by atoms with E-state index in [1.807, 2.05) is 6.07 Å². The van der Waals surface area contributed by atoms with Crippen LogP contribution in [0.25, 0.3) is 11.0 Å². The number of hydrogen-bond acceptors (Lipinski definition) is 3. The van der Waals surface area contributed by atoms with Crippen LogP contribution in [0.3, 0.4) is 0 Å². The molecule has 0 aliphatic rings. The zero-order chi connectivity index (χ0) is 9.42. The molecule has 2 aromatic heterocycles. The summed E-state index contributed by atoms with van der Waals surface area (Å²) in [6.45, 7) is 0. The fourth-order valence-corrected chi connectivity index (χ4v) is 1.85. The lowest BCUT2D eigenvalue weighted by Gasteiger charge is -1.93. The molecular formula is C8H2BrIN2O. The van der Waals surface area contributed by atoms with Crippen LogP contribution in [-0.2, 0) is 0 Å². The Morgan fingerprint density at radius 1 is 1.62 bits per heavy atom. The van der Waals surface area contributed by atoms with E-state index in [1.54, 1.807) is 12.3 Å². The number of pyridine rings is 1. The van der Waals surface area contributed by atoms with Crippen molar-refractivity contribution in [1.29, 1.82) is 5.26 Å². The van der Waals surface area contributed by atoms with E-state index in [4.69, 9.17) is 9.68 Å². The molecule has 0 saturated carbocycles. The summed E-state index contributed by atoms with van der Waals surface area (Å²) in [5.74, 6) is 0.305. The molecule has 3 nitrogen and oxygen atoms in total. The number of halogens is 2. The summed E-state index contributed by atoms with van der Waals surface area (Å²) in [5.41, 5.74) is 0.629. The monoisotopic (exact) mass is 348 g/mol. The van der Waals surface area contributed by atoms with Gasteiger partial charge in [-0.15, -0.1) is 0 Å². The van der Waals surface area contributed by atoms with E-state index >= 15 is 0 Å². The van der Waals surface area contributed by atoms with E-state index in [0.717, 1.165) is 13.6 Å². The lowest BCUT2D eigenvalue weighted by Crippen LogP contribution is -1.80. The van der Waals surface area contributed by atoms with Crippen molar-refractivity contribution in [2.75, 3.05) is 0 Å². The second kappa shape index (κ2) is 3.27. The summed E-state index contributed by atoms with van der Waals surface area (Å²) in [6, 6.07) is 3.64. The van der Waals surface area contributed by atoms with Gasteiger partial charge in [0.25, 0.3) is 0 Å².